The maximum atomic E-state index is 12.7. The Morgan fingerprint density at radius 2 is 1.31 bits per heavy atom. The van der Waals surface area contributed by atoms with Crippen LogP contribution in [0.3, 0.4) is 0 Å². The van der Waals surface area contributed by atoms with Gasteiger partial charge < -0.3 is 30.2 Å². The van der Waals surface area contributed by atoms with Crippen molar-refractivity contribution in [3.8, 4) is 0 Å². The first-order valence-electron chi connectivity index (χ1n) is 12.9. The fourth-order valence-electron chi connectivity index (χ4n) is 4.31. The molecule has 1 aromatic rings. The third-order valence-electron chi connectivity index (χ3n) is 6.40. The minimum atomic E-state index is -4.43. The number of nitrogens with zero attached hydrogens (tertiary/aromatic N) is 4. The van der Waals surface area contributed by atoms with Gasteiger partial charge in [0, 0.05) is 65.4 Å². The summed E-state index contributed by atoms with van der Waals surface area (Å²) >= 11 is 0. The van der Waals surface area contributed by atoms with Crippen LogP contribution in [0.25, 0.3) is 0 Å². The van der Waals surface area contributed by atoms with Gasteiger partial charge in [0.2, 0.25) is 10.0 Å². The highest BCUT2D eigenvalue weighted by molar-refractivity contribution is 7.89. The molecule has 0 bridgehead atoms. The molecule has 1 saturated heterocycles. The molecule has 7 N–H and O–H groups in total. The minimum absolute atomic E-state index is 0.0517. The summed E-state index contributed by atoms with van der Waals surface area (Å²) in [6.45, 7) is 0.197. The van der Waals surface area contributed by atoms with Crippen molar-refractivity contribution < 1.29 is 57.6 Å². The van der Waals surface area contributed by atoms with Gasteiger partial charge in [0.15, 0.2) is 0 Å². The lowest BCUT2D eigenvalue weighted by Crippen LogP contribution is -2.49. The second kappa shape index (κ2) is 16.4. The Labute approximate surface area is 243 Å². The fourth-order valence-corrected chi connectivity index (χ4v) is 6.23. The number of carboxylic acid groups (broad SMARTS) is 3. The van der Waals surface area contributed by atoms with E-state index in [9.17, 15) is 52.5 Å². The van der Waals surface area contributed by atoms with Crippen molar-refractivity contribution >= 4 is 35.5 Å². The van der Waals surface area contributed by atoms with Crippen molar-refractivity contribution in [2.24, 2.45) is 0 Å². The highest BCUT2D eigenvalue weighted by Gasteiger charge is 2.24. The summed E-state index contributed by atoms with van der Waals surface area (Å²) in [5.74, 6) is -3.51. The van der Waals surface area contributed by atoms with Crippen LogP contribution in [0.2, 0.25) is 0 Å². The van der Waals surface area contributed by atoms with E-state index in [1.165, 1.54) is 23.1 Å². The van der Waals surface area contributed by atoms with Crippen LogP contribution in [0, 0.1) is 0 Å². The van der Waals surface area contributed by atoms with Gasteiger partial charge in [-0.3, -0.25) is 33.8 Å². The summed E-state index contributed by atoms with van der Waals surface area (Å²) in [6, 6.07) is 4.72. The molecule has 1 aliphatic rings. The lowest BCUT2D eigenvalue weighted by molar-refractivity contribution is -0.139. The Bertz CT molecular complexity index is 1200. The molecule has 1 heterocycles. The molecule has 0 spiro atoms. The zero-order chi connectivity index (χ0) is 31.5. The van der Waals surface area contributed by atoms with E-state index in [2.05, 4.69) is 4.72 Å². The van der Waals surface area contributed by atoms with Crippen LogP contribution in [-0.2, 0) is 24.2 Å². The van der Waals surface area contributed by atoms with Gasteiger partial charge in [0.25, 0.3) is 0 Å². The van der Waals surface area contributed by atoms with Crippen LogP contribution in [0.5, 0.6) is 0 Å². The van der Waals surface area contributed by atoms with Crippen molar-refractivity contribution in [1.82, 2.24) is 24.3 Å². The normalized spacial score (nSPS) is 18.5. The van der Waals surface area contributed by atoms with Crippen LogP contribution in [0.4, 0.5) is 0 Å². The Balaban J connectivity index is 2.13. The van der Waals surface area contributed by atoms with Gasteiger partial charge in [-0.1, -0.05) is 6.07 Å². The molecule has 1 fully saturated rings. The molecule has 0 aromatic heterocycles. The van der Waals surface area contributed by atoms with E-state index >= 15 is 0 Å². The zero-order valence-electron chi connectivity index (χ0n) is 22.9. The number of aliphatic hydroxyl groups excluding tert-OH is 1. The van der Waals surface area contributed by atoms with Gasteiger partial charge in [-0.05, 0) is 18.2 Å². The van der Waals surface area contributed by atoms with Gasteiger partial charge in [0.1, 0.15) is 6.29 Å². The van der Waals surface area contributed by atoms with Crippen molar-refractivity contribution in [2.75, 3.05) is 84.8 Å². The lowest BCUT2D eigenvalue weighted by atomic mass is 10.2. The molecule has 42 heavy (non-hydrogen) atoms. The fraction of sp³-hybridized carbons (Fsp3) is 0.609. The molecule has 0 radical (unpaired) electrons. The Hall–Kier alpha value is -2.51. The van der Waals surface area contributed by atoms with Crippen molar-refractivity contribution in [1.29, 1.82) is 0 Å². The van der Waals surface area contributed by atoms with Crippen molar-refractivity contribution in [2.45, 2.75) is 11.0 Å². The van der Waals surface area contributed by atoms with Crippen LogP contribution < -0.4 is 4.72 Å². The summed E-state index contributed by atoms with van der Waals surface area (Å²) < 4.78 is 39.2. The number of aliphatic hydroxyl groups is 1. The van der Waals surface area contributed by atoms with Gasteiger partial charge in [0.05, 0.1) is 29.7 Å². The number of benzene rings is 1. The van der Waals surface area contributed by atoms with E-state index in [1.54, 1.807) is 14.7 Å². The third kappa shape index (κ3) is 13.6. The highest BCUT2D eigenvalue weighted by atomic mass is 32.2. The number of carboxylic acids is 3. The second-order valence-electron chi connectivity index (χ2n) is 9.90. The molecular formula is C23H38N5O12PS. The van der Waals surface area contributed by atoms with Crippen LogP contribution in [0.15, 0.2) is 29.2 Å². The molecule has 17 nitrogen and oxygen atoms in total. The Morgan fingerprint density at radius 3 is 1.76 bits per heavy atom. The van der Waals surface area contributed by atoms with E-state index in [0.717, 1.165) is 6.07 Å². The smallest absolute Gasteiger partial charge is 0.339 e. The monoisotopic (exact) mass is 639 g/mol. The number of nitrogens with one attached hydrogen (secondary N) is 1. The predicted octanol–water partition coefficient (Wildman–Crippen LogP) is -2.45. The van der Waals surface area contributed by atoms with Gasteiger partial charge in [-0.15, -0.1) is 0 Å². The van der Waals surface area contributed by atoms with Gasteiger partial charge in [-0.25, -0.2) is 17.9 Å². The summed E-state index contributed by atoms with van der Waals surface area (Å²) in [5.41, 5.74) is -0.223. The van der Waals surface area contributed by atoms with E-state index < -0.39 is 54.5 Å². The summed E-state index contributed by atoms with van der Waals surface area (Å²) in [6.07, 6.45) is -1.79. The van der Waals surface area contributed by atoms with Gasteiger partial charge in [-0.2, -0.15) is 0 Å². The Kier molecular flexibility index (Phi) is 13.9. The van der Waals surface area contributed by atoms with Crippen molar-refractivity contribution in [3.63, 3.8) is 0 Å². The van der Waals surface area contributed by atoms with E-state index in [1.807, 2.05) is 0 Å². The zero-order valence-corrected chi connectivity index (χ0v) is 24.6. The molecule has 0 aliphatic carbocycles. The molecular weight excluding hydrogens is 601 g/mol. The maximum Gasteiger partial charge on any atom is 0.339 e. The summed E-state index contributed by atoms with van der Waals surface area (Å²) in [4.78, 5) is 59.0. The molecule has 2 rings (SSSR count). The number of hydrogen-bond acceptors (Lipinski definition) is 11. The lowest BCUT2D eigenvalue weighted by Gasteiger charge is -2.34. The van der Waals surface area contributed by atoms with Crippen LogP contribution >= 0.6 is 7.60 Å². The number of β-amino-alcohol motifs (C(OH)–C–C–N with tert-alkyl or cyclic N) is 1. The number of hydrogen-bond donors (Lipinski definition) is 7. The minimum Gasteiger partial charge on any atom is -0.480 e. The average Bonchev–Trinajstić information content (AvgIpc) is 2.87. The first-order chi connectivity index (χ1) is 19.5. The standard InChI is InChI=1S/C23H38N5O12PS/c29-19(13-24-42(39,40)20-3-1-2-18(12-20)23(34)35)14-25-4-6-26(15-21(30)31)8-10-28(17-41(36,37)38)11-9-27(7-5-25)16-22(32)33/h1-3,12,19,24,29H,4-11,13-17H2,(H,30,31)(H,32,33)(H,34,35)(H2,36,37,38). The van der Waals surface area contributed by atoms with E-state index in [4.69, 9.17) is 5.11 Å². The molecule has 0 saturated carbocycles. The van der Waals surface area contributed by atoms with Crippen LogP contribution in [0.1, 0.15) is 10.4 Å². The summed E-state index contributed by atoms with van der Waals surface area (Å²) in [7, 11) is -8.58. The third-order valence-corrected chi connectivity index (χ3v) is 8.59. The average molecular weight is 640 g/mol. The number of carbonyl (C=O) groups is 3. The largest absolute Gasteiger partial charge is 0.480 e. The first-order valence-corrected chi connectivity index (χ1v) is 16.2. The van der Waals surface area contributed by atoms with E-state index in [0.29, 0.717) is 0 Å². The molecule has 19 heteroatoms. The molecule has 0 amide bonds. The molecule has 1 atom stereocenters. The number of aromatic carboxylic acids is 1. The SMILES string of the molecule is O=C(O)CN1CCN(CC(O)CNS(=O)(=O)c2cccc(C(=O)O)c2)CCN(CC(=O)O)CCN(CP(=O)(O)O)CC1. The molecule has 1 unspecified atom stereocenters. The second-order valence-corrected chi connectivity index (χ2v) is 13.3. The number of rotatable bonds is 13. The molecule has 1 aliphatic heterocycles. The first kappa shape index (κ1) is 35.7. The topological polar surface area (TPSA) is 249 Å². The molecule has 238 valence electrons. The molecule has 1 aromatic carbocycles. The number of sulfonamides is 1. The van der Waals surface area contributed by atoms with Crippen molar-refractivity contribution in [3.05, 3.63) is 29.8 Å². The summed E-state index contributed by atoms with van der Waals surface area (Å²) in [5, 5.41) is 38.4. The maximum absolute atomic E-state index is 12.7. The highest BCUT2D eigenvalue weighted by Crippen LogP contribution is 2.34. The Morgan fingerprint density at radius 1 is 0.833 bits per heavy atom. The predicted molar refractivity (Wildman–Crippen MR) is 148 cm³/mol. The van der Waals surface area contributed by atoms with E-state index in [-0.39, 0.29) is 82.5 Å². The van der Waals surface area contributed by atoms with Crippen LogP contribution in [-0.4, -0.2) is 167 Å². The quantitative estimate of drug-likeness (QED) is 0.111. The van der Waals surface area contributed by atoms with Gasteiger partial charge >= 0.3 is 25.5 Å². The number of aliphatic carboxylic acids is 2.